The minimum atomic E-state index is -0.387. The number of rotatable bonds is 6. The lowest BCUT2D eigenvalue weighted by atomic mass is 9.73. The van der Waals surface area contributed by atoms with Gasteiger partial charge in [-0.05, 0) is 42.5 Å². The number of anilines is 2. The van der Waals surface area contributed by atoms with Crippen LogP contribution in [0.4, 0.5) is 11.4 Å². The summed E-state index contributed by atoms with van der Waals surface area (Å²) in [6.45, 7) is 6.77. The van der Waals surface area contributed by atoms with Crippen LogP contribution < -0.4 is 20.3 Å². The third kappa shape index (κ3) is 5.17. The number of benzene rings is 3. The Morgan fingerprint density at radius 2 is 1.74 bits per heavy atom. The number of hydrogen-bond donors (Lipinski definition) is 2. The number of nitrogens with zero attached hydrogens (tertiary/aromatic N) is 1. The summed E-state index contributed by atoms with van der Waals surface area (Å²) in [5, 5.41) is 6.67. The monoisotopic (exact) mass is 509 g/mol. The Labute approximate surface area is 224 Å². The van der Waals surface area contributed by atoms with E-state index in [1.165, 1.54) is 0 Å². The molecule has 1 atom stereocenters. The third-order valence-corrected chi connectivity index (χ3v) is 7.38. The van der Waals surface area contributed by atoms with Gasteiger partial charge < -0.3 is 20.3 Å². The summed E-state index contributed by atoms with van der Waals surface area (Å²) in [5.41, 5.74) is 6.40. The van der Waals surface area contributed by atoms with E-state index < -0.39 is 0 Å². The number of ether oxygens (including phenoxy) is 1. The Bertz CT molecular complexity index is 1390. The van der Waals surface area contributed by atoms with Gasteiger partial charge in [-0.1, -0.05) is 74.0 Å². The van der Waals surface area contributed by atoms with Crippen molar-refractivity contribution in [3.63, 3.8) is 0 Å². The Kier molecular flexibility index (Phi) is 6.98. The topological polar surface area (TPSA) is 70.7 Å². The number of aryl methyl sites for hydroxylation is 1. The van der Waals surface area contributed by atoms with Crippen LogP contribution in [-0.2, 0) is 16.1 Å². The number of Topliss-reactive ketones (excluding diaryl/α,β-unsaturated/α-hetero) is 1. The van der Waals surface area contributed by atoms with Crippen LogP contribution in [0.25, 0.3) is 0 Å². The number of amides is 1. The highest BCUT2D eigenvalue weighted by Gasteiger charge is 2.41. The average Bonchev–Trinajstić information content (AvgIpc) is 3.02. The van der Waals surface area contributed by atoms with Crippen molar-refractivity contribution < 1.29 is 14.3 Å². The molecule has 0 radical (unpaired) electrons. The maximum Gasteiger partial charge on any atom is 0.239 e. The second-order valence-electron chi connectivity index (χ2n) is 11.0. The van der Waals surface area contributed by atoms with E-state index in [2.05, 4.69) is 60.6 Å². The molecule has 0 spiro atoms. The number of allylic oxidation sites excluding steroid dienone is 1. The number of fused-ring (bicyclic) bond motifs is 1. The fourth-order valence-corrected chi connectivity index (χ4v) is 5.58. The normalized spacial score (nSPS) is 18.2. The van der Waals surface area contributed by atoms with E-state index in [1.54, 1.807) is 7.11 Å². The molecule has 2 aliphatic rings. The summed E-state index contributed by atoms with van der Waals surface area (Å²) in [4.78, 5) is 29.3. The number of ketones is 1. The van der Waals surface area contributed by atoms with Gasteiger partial charge in [-0.25, -0.2) is 0 Å². The van der Waals surface area contributed by atoms with Crippen molar-refractivity contribution in [2.24, 2.45) is 5.41 Å². The van der Waals surface area contributed by atoms with E-state index in [0.717, 1.165) is 51.5 Å². The van der Waals surface area contributed by atoms with Crippen LogP contribution >= 0.6 is 0 Å². The molecule has 1 heterocycles. The molecule has 6 nitrogen and oxygen atoms in total. The van der Waals surface area contributed by atoms with E-state index in [4.69, 9.17) is 4.74 Å². The summed E-state index contributed by atoms with van der Waals surface area (Å²) < 4.78 is 5.45. The van der Waals surface area contributed by atoms with Crippen molar-refractivity contribution >= 4 is 23.1 Å². The zero-order valence-corrected chi connectivity index (χ0v) is 22.5. The molecule has 5 rings (SSSR count). The van der Waals surface area contributed by atoms with Crippen LogP contribution in [0.5, 0.6) is 5.75 Å². The molecule has 6 heteroatoms. The van der Waals surface area contributed by atoms with Crippen molar-refractivity contribution in [3.05, 3.63) is 101 Å². The predicted octanol–water partition coefficient (Wildman–Crippen LogP) is 5.94. The van der Waals surface area contributed by atoms with Crippen LogP contribution in [0.3, 0.4) is 0 Å². The van der Waals surface area contributed by atoms with Gasteiger partial charge in [0.25, 0.3) is 0 Å². The summed E-state index contributed by atoms with van der Waals surface area (Å²) in [6, 6.07) is 23.6. The lowest BCUT2D eigenvalue weighted by Gasteiger charge is -2.38. The molecule has 1 aliphatic carbocycles. The van der Waals surface area contributed by atoms with Crippen LogP contribution in [0.2, 0.25) is 0 Å². The van der Waals surface area contributed by atoms with Gasteiger partial charge in [0.15, 0.2) is 5.78 Å². The summed E-state index contributed by atoms with van der Waals surface area (Å²) in [7, 11) is 1.63. The minimum Gasteiger partial charge on any atom is -0.496 e. The SMILES string of the molecule is COc1ccccc1CNC(=O)CN1c2ccccc2NC2=C(C(=O)CC(C)(C)C2)C1c1ccc(C)cc1. The van der Waals surface area contributed by atoms with Gasteiger partial charge in [-0.2, -0.15) is 0 Å². The van der Waals surface area contributed by atoms with Gasteiger partial charge in [0.2, 0.25) is 5.91 Å². The van der Waals surface area contributed by atoms with Crippen molar-refractivity contribution in [1.82, 2.24) is 5.32 Å². The maximum atomic E-state index is 13.8. The van der Waals surface area contributed by atoms with Crippen LogP contribution in [-0.4, -0.2) is 25.3 Å². The number of methoxy groups -OCH3 is 1. The first kappa shape index (κ1) is 25.6. The number of nitrogens with one attached hydrogen (secondary N) is 2. The molecular formula is C32H35N3O3. The molecule has 3 aromatic rings. The number of carbonyl (C=O) groups is 2. The molecule has 196 valence electrons. The fraction of sp³-hybridized carbons (Fsp3) is 0.312. The summed E-state index contributed by atoms with van der Waals surface area (Å²) >= 11 is 0. The van der Waals surface area contributed by atoms with Crippen LogP contribution in [0, 0.1) is 12.3 Å². The van der Waals surface area contributed by atoms with E-state index in [1.807, 2.05) is 48.5 Å². The molecule has 38 heavy (non-hydrogen) atoms. The summed E-state index contributed by atoms with van der Waals surface area (Å²) in [6.07, 6.45) is 1.23. The smallest absolute Gasteiger partial charge is 0.239 e. The van der Waals surface area contributed by atoms with E-state index in [9.17, 15) is 9.59 Å². The van der Waals surface area contributed by atoms with Crippen LogP contribution in [0.1, 0.15) is 49.4 Å². The van der Waals surface area contributed by atoms with Gasteiger partial charge in [-0.3, -0.25) is 9.59 Å². The highest BCUT2D eigenvalue weighted by Crippen LogP contribution is 2.48. The standard InChI is InChI=1S/C32H35N3O3/c1-21-13-15-22(16-14-21)31-30-25(17-32(2,3)18-27(30)36)34-24-10-6-7-11-26(24)35(31)20-29(37)33-19-23-9-5-8-12-28(23)38-4/h5-16,31,34H,17-20H2,1-4H3,(H,33,37). The van der Waals surface area contributed by atoms with Crippen LogP contribution in [0.15, 0.2) is 84.1 Å². The molecule has 1 unspecified atom stereocenters. The zero-order chi connectivity index (χ0) is 26.9. The van der Waals surface area contributed by atoms with E-state index >= 15 is 0 Å². The van der Waals surface area contributed by atoms with Gasteiger partial charge >= 0.3 is 0 Å². The first-order valence-corrected chi connectivity index (χ1v) is 13.1. The Morgan fingerprint density at radius 3 is 2.50 bits per heavy atom. The lowest BCUT2D eigenvalue weighted by molar-refractivity contribution is -0.120. The molecule has 0 fully saturated rings. The number of carbonyl (C=O) groups excluding carboxylic acids is 2. The minimum absolute atomic E-state index is 0.0971. The van der Waals surface area contributed by atoms with Gasteiger partial charge in [0.1, 0.15) is 5.75 Å². The van der Waals surface area contributed by atoms with E-state index in [0.29, 0.717) is 13.0 Å². The Morgan fingerprint density at radius 1 is 1.03 bits per heavy atom. The maximum absolute atomic E-state index is 13.8. The molecule has 0 saturated heterocycles. The lowest BCUT2D eigenvalue weighted by Crippen LogP contribution is -2.41. The number of para-hydroxylation sites is 3. The molecular weight excluding hydrogens is 474 g/mol. The highest BCUT2D eigenvalue weighted by atomic mass is 16.5. The van der Waals surface area contributed by atoms with Crippen molar-refractivity contribution in [2.75, 3.05) is 23.9 Å². The van der Waals surface area contributed by atoms with Gasteiger partial charge in [0, 0.05) is 29.8 Å². The fourth-order valence-electron chi connectivity index (χ4n) is 5.58. The van der Waals surface area contributed by atoms with Gasteiger partial charge in [-0.15, -0.1) is 0 Å². The first-order chi connectivity index (χ1) is 18.3. The molecule has 0 saturated carbocycles. The van der Waals surface area contributed by atoms with E-state index in [-0.39, 0.29) is 29.7 Å². The molecule has 0 bridgehead atoms. The Hall–Kier alpha value is -4.06. The largest absolute Gasteiger partial charge is 0.496 e. The first-order valence-electron chi connectivity index (χ1n) is 13.1. The molecule has 3 aromatic carbocycles. The van der Waals surface area contributed by atoms with Crippen molar-refractivity contribution in [3.8, 4) is 5.75 Å². The zero-order valence-electron chi connectivity index (χ0n) is 22.5. The second-order valence-corrected chi connectivity index (χ2v) is 11.0. The predicted molar refractivity (Wildman–Crippen MR) is 151 cm³/mol. The highest BCUT2D eigenvalue weighted by molar-refractivity contribution is 6.01. The third-order valence-electron chi connectivity index (χ3n) is 7.38. The second kappa shape index (κ2) is 10.4. The average molecular weight is 510 g/mol. The molecule has 1 amide bonds. The summed E-state index contributed by atoms with van der Waals surface area (Å²) in [5.74, 6) is 0.733. The van der Waals surface area contributed by atoms with Crippen molar-refractivity contribution in [2.45, 2.75) is 46.2 Å². The molecule has 2 N–H and O–H groups in total. The molecule has 0 aromatic heterocycles. The Balaban J connectivity index is 1.56. The number of hydrogen-bond acceptors (Lipinski definition) is 5. The molecule has 1 aliphatic heterocycles. The van der Waals surface area contributed by atoms with Crippen molar-refractivity contribution in [1.29, 1.82) is 0 Å². The quantitative estimate of drug-likeness (QED) is 0.431. The van der Waals surface area contributed by atoms with Gasteiger partial charge in [0.05, 0.1) is 31.1 Å².